The van der Waals surface area contributed by atoms with Crippen LogP contribution < -0.4 is 0 Å². The largest absolute Gasteiger partial charge is 0.382 e. The predicted molar refractivity (Wildman–Crippen MR) is 87.6 cm³/mol. The van der Waals surface area contributed by atoms with Gasteiger partial charge in [-0.1, -0.05) is 17.2 Å². The molecule has 0 fully saturated rings. The molecule has 3 aromatic rings. The van der Waals surface area contributed by atoms with E-state index in [0.717, 1.165) is 0 Å². The van der Waals surface area contributed by atoms with E-state index in [2.05, 4.69) is 15.0 Å². The van der Waals surface area contributed by atoms with Gasteiger partial charge >= 0.3 is 5.97 Å². The quantitative estimate of drug-likeness (QED) is 0.667. The first-order valence-electron chi connectivity index (χ1n) is 7.58. The van der Waals surface area contributed by atoms with E-state index in [-0.39, 0.29) is 16.8 Å². The second-order valence-corrected chi connectivity index (χ2v) is 5.35. The summed E-state index contributed by atoms with van der Waals surface area (Å²) in [5, 5.41) is 0.450. The van der Waals surface area contributed by atoms with Crippen molar-refractivity contribution in [2.75, 3.05) is 0 Å². The zero-order valence-electron chi connectivity index (χ0n) is 13.2. The van der Waals surface area contributed by atoms with Crippen LogP contribution in [0.5, 0.6) is 0 Å². The lowest BCUT2D eigenvalue weighted by molar-refractivity contribution is -0.0588. The number of nitrogens with zero attached hydrogens (tertiary/aromatic N) is 4. The Morgan fingerprint density at radius 1 is 0.885 bits per heavy atom. The molecule has 0 saturated carbocycles. The van der Waals surface area contributed by atoms with Crippen LogP contribution in [0.3, 0.4) is 0 Å². The molecule has 0 atom stereocenters. The van der Waals surface area contributed by atoms with Crippen molar-refractivity contribution in [2.45, 2.75) is 0 Å². The number of hydrogen-bond donors (Lipinski definition) is 0. The van der Waals surface area contributed by atoms with Crippen molar-refractivity contribution >= 4 is 17.8 Å². The number of carbonyl (C=O) groups excluding carboxylic acids is 3. The minimum absolute atomic E-state index is 0.0470. The van der Waals surface area contributed by atoms with Crippen molar-refractivity contribution < 1.29 is 19.2 Å². The lowest BCUT2D eigenvalue weighted by Gasteiger charge is -2.12. The number of fused-ring (bicyclic) bond motifs is 1. The summed E-state index contributed by atoms with van der Waals surface area (Å²) >= 11 is 0. The first kappa shape index (κ1) is 15.6. The van der Waals surface area contributed by atoms with Crippen molar-refractivity contribution in [1.29, 1.82) is 0 Å². The molecule has 0 aliphatic carbocycles. The normalized spacial score (nSPS) is 12.8. The van der Waals surface area contributed by atoms with Gasteiger partial charge in [0.2, 0.25) is 0 Å². The zero-order valence-corrected chi connectivity index (χ0v) is 13.2. The molecular weight excluding hydrogens is 336 g/mol. The Balaban J connectivity index is 1.53. The second kappa shape index (κ2) is 6.17. The number of hydroxylamine groups is 2. The van der Waals surface area contributed by atoms with E-state index in [9.17, 15) is 14.4 Å². The summed E-state index contributed by atoms with van der Waals surface area (Å²) < 4.78 is 0. The monoisotopic (exact) mass is 346 g/mol. The fraction of sp³-hybridized carbons (Fsp3) is 0. The highest BCUT2D eigenvalue weighted by Gasteiger charge is 2.38. The van der Waals surface area contributed by atoms with Gasteiger partial charge in [-0.3, -0.25) is 19.6 Å². The average molecular weight is 346 g/mol. The fourth-order valence-corrected chi connectivity index (χ4v) is 2.49. The number of rotatable bonds is 3. The molecular formula is C18H10N4O4. The van der Waals surface area contributed by atoms with Gasteiger partial charge in [0, 0.05) is 24.2 Å². The summed E-state index contributed by atoms with van der Waals surface area (Å²) in [4.78, 5) is 53.7. The highest BCUT2D eigenvalue weighted by atomic mass is 16.7. The van der Waals surface area contributed by atoms with E-state index in [1.54, 1.807) is 36.8 Å². The Morgan fingerprint density at radius 2 is 1.62 bits per heavy atom. The molecule has 1 aromatic carbocycles. The SMILES string of the molecule is O=C(ON1C(=O)c2ccccc2C1=O)c1ccc(-c2cnccn2)cn1. The number of aromatic nitrogens is 3. The van der Waals surface area contributed by atoms with Crippen LogP contribution >= 0.6 is 0 Å². The summed E-state index contributed by atoms with van der Waals surface area (Å²) in [5.74, 6) is -2.28. The van der Waals surface area contributed by atoms with Gasteiger partial charge in [-0.2, -0.15) is 0 Å². The number of hydrogen-bond acceptors (Lipinski definition) is 7. The van der Waals surface area contributed by atoms with Gasteiger partial charge in [0.25, 0.3) is 11.8 Å². The van der Waals surface area contributed by atoms with Crippen LogP contribution in [0.25, 0.3) is 11.3 Å². The molecule has 0 bridgehead atoms. The van der Waals surface area contributed by atoms with Crippen LogP contribution in [0.1, 0.15) is 31.2 Å². The first-order chi connectivity index (χ1) is 12.6. The van der Waals surface area contributed by atoms with Crippen molar-refractivity contribution in [3.8, 4) is 11.3 Å². The van der Waals surface area contributed by atoms with E-state index in [0.29, 0.717) is 16.3 Å². The van der Waals surface area contributed by atoms with Crippen LogP contribution in [0, 0.1) is 0 Å². The van der Waals surface area contributed by atoms with Gasteiger partial charge in [-0.25, -0.2) is 9.78 Å². The number of imide groups is 1. The van der Waals surface area contributed by atoms with Gasteiger partial charge in [-0.05, 0) is 24.3 Å². The smallest absolute Gasteiger partial charge is 0.323 e. The van der Waals surface area contributed by atoms with Gasteiger partial charge in [-0.15, -0.1) is 0 Å². The summed E-state index contributed by atoms with van der Waals surface area (Å²) in [7, 11) is 0. The Kier molecular flexibility index (Phi) is 3.70. The minimum Gasteiger partial charge on any atom is -0.323 e. The molecule has 0 N–H and O–H groups in total. The molecule has 8 nitrogen and oxygen atoms in total. The second-order valence-electron chi connectivity index (χ2n) is 5.35. The summed E-state index contributed by atoms with van der Waals surface area (Å²) in [6, 6.07) is 9.29. The van der Waals surface area contributed by atoms with Crippen molar-refractivity contribution in [3.63, 3.8) is 0 Å². The third-order valence-electron chi connectivity index (χ3n) is 3.76. The molecule has 1 aliphatic heterocycles. The van der Waals surface area contributed by atoms with E-state index in [1.165, 1.54) is 24.4 Å². The molecule has 8 heteroatoms. The maximum atomic E-state index is 12.2. The molecule has 2 amide bonds. The standard InChI is InChI=1S/C18H10N4O4/c23-16-12-3-1-2-4-13(12)17(24)22(16)26-18(25)14-6-5-11(9-21-14)15-10-19-7-8-20-15/h1-10H. The van der Waals surface area contributed by atoms with Gasteiger partial charge in [0.1, 0.15) is 0 Å². The van der Waals surface area contributed by atoms with E-state index in [4.69, 9.17) is 4.84 Å². The molecule has 0 radical (unpaired) electrons. The van der Waals surface area contributed by atoms with E-state index in [1.807, 2.05) is 0 Å². The molecule has 3 heterocycles. The molecule has 2 aromatic heterocycles. The number of amides is 2. The van der Waals surface area contributed by atoms with Crippen LogP contribution in [0.15, 0.2) is 61.2 Å². The van der Waals surface area contributed by atoms with Crippen molar-refractivity contribution in [3.05, 3.63) is 78.0 Å². The third kappa shape index (κ3) is 2.59. The maximum absolute atomic E-state index is 12.2. The van der Waals surface area contributed by atoms with E-state index < -0.39 is 17.8 Å². The Bertz CT molecular complexity index is 984. The number of pyridine rings is 1. The minimum atomic E-state index is -0.912. The van der Waals surface area contributed by atoms with Crippen LogP contribution in [0.4, 0.5) is 0 Å². The summed E-state index contributed by atoms with van der Waals surface area (Å²) in [6.45, 7) is 0. The zero-order chi connectivity index (χ0) is 18.1. The van der Waals surface area contributed by atoms with Gasteiger partial charge in [0.15, 0.2) is 5.69 Å². The number of carbonyl (C=O) groups is 3. The first-order valence-corrected chi connectivity index (χ1v) is 7.58. The Hall–Kier alpha value is -3.94. The van der Waals surface area contributed by atoms with Gasteiger partial charge < -0.3 is 4.84 Å². The van der Waals surface area contributed by atoms with Crippen LogP contribution in [-0.4, -0.2) is 37.8 Å². The maximum Gasteiger partial charge on any atom is 0.382 e. The topological polar surface area (TPSA) is 102 Å². The molecule has 0 saturated heterocycles. The molecule has 0 spiro atoms. The van der Waals surface area contributed by atoms with Crippen molar-refractivity contribution in [1.82, 2.24) is 20.0 Å². The third-order valence-corrected chi connectivity index (χ3v) is 3.76. The molecule has 1 aliphatic rings. The highest BCUT2D eigenvalue weighted by Crippen LogP contribution is 2.23. The molecule has 126 valence electrons. The average Bonchev–Trinajstić information content (AvgIpc) is 2.94. The lowest BCUT2D eigenvalue weighted by Crippen LogP contribution is -2.32. The van der Waals surface area contributed by atoms with Crippen molar-refractivity contribution in [2.24, 2.45) is 0 Å². The summed E-state index contributed by atoms with van der Waals surface area (Å²) in [6.07, 6.45) is 6.08. The molecule has 26 heavy (non-hydrogen) atoms. The van der Waals surface area contributed by atoms with Crippen LogP contribution in [0.2, 0.25) is 0 Å². The fourth-order valence-electron chi connectivity index (χ4n) is 2.49. The lowest BCUT2D eigenvalue weighted by atomic mass is 10.1. The Labute approximate surface area is 147 Å². The molecule has 0 unspecified atom stereocenters. The molecule has 4 rings (SSSR count). The van der Waals surface area contributed by atoms with E-state index >= 15 is 0 Å². The Morgan fingerprint density at radius 3 is 2.19 bits per heavy atom. The highest BCUT2D eigenvalue weighted by molar-refractivity contribution is 6.21. The predicted octanol–water partition coefficient (Wildman–Crippen LogP) is 1.91. The number of benzene rings is 1. The van der Waals surface area contributed by atoms with Gasteiger partial charge in [0.05, 0.1) is 23.0 Å². The van der Waals surface area contributed by atoms with Crippen LogP contribution in [-0.2, 0) is 4.84 Å². The summed E-state index contributed by atoms with van der Waals surface area (Å²) in [5.41, 5.74) is 1.59.